The molecule has 0 saturated heterocycles. The minimum atomic E-state index is -2.03. The van der Waals surface area contributed by atoms with Gasteiger partial charge in [0, 0.05) is 0 Å². The molecule has 0 aromatic heterocycles. The Labute approximate surface area is 262 Å². The van der Waals surface area contributed by atoms with Gasteiger partial charge >= 0.3 is 255 Å². The molecule has 0 heterocycles. The zero-order valence-corrected chi connectivity index (χ0v) is 30.6. The van der Waals surface area contributed by atoms with Crippen LogP contribution in [0.25, 0.3) is 24.3 Å². The van der Waals surface area contributed by atoms with Crippen molar-refractivity contribution in [2.75, 3.05) is 0 Å². The Bertz CT molecular complexity index is 1520. The van der Waals surface area contributed by atoms with Gasteiger partial charge in [-0.25, -0.2) is 0 Å². The molecule has 0 nitrogen and oxygen atoms in total. The van der Waals surface area contributed by atoms with Crippen molar-refractivity contribution < 1.29 is 51.3 Å². The first kappa shape index (κ1) is 30.6. The van der Waals surface area contributed by atoms with Crippen LogP contribution in [0.2, 0.25) is 0 Å². The number of benzene rings is 4. The van der Waals surface area contributed by atoms with Crippen molar-refractivity contribution in [1.29, 1.82) is 0 Å². The molecule has 4 atom stereocenters. The summed E-state index contributed by atoms with van der Waals surface area (Å²) in [6.45, 7) is 0. The van der Waals surface area contributed by atoms with Gasteiger partial charge in [-0.2, -0.15) is 0 Å². The fraction of sp³-hybridized carbons (Fsp3) is 0.105. The maximum atomic E-state index is 4.71. The molecule has 4 aromatic carbocycles. The fourth-order valence-corrected chi connectivity index (χ4v) is 23.9. The van der Waals surface area contributed by atoms with Crippen LogP contribution in [0.1, 0.15) is 59.2 Å². The summed E-state index contributed by atoms with van der Waals surface area (Å²) in [5, 5.41) is 0. The molecule has 0 radical (unpaired) electrons. The first-order valence-corrected chi connectivity index (χ1v) is 27.5. The van der Waals surface area contributed by atoms with E-state index in [9.17, 15) is 0 Å². The third kappa shape index (κ3) is 5.61. The Morgan fingerprint density at radius 1 is 0.357 bits per heavy atom. The zero-order chi connectivity index (χ0) is 27.1. The maximum absolute atomic E-state index is 4.71. The van der Waals surface area contributed by atoms with Crippen LogP contribution in [0.15, 0.2) is 121 Å². The van der Waals surface area contributed by atoms with Crippen LogP contribution >= 0.6 is 0 Å². The summed E-state index contributed by atoms with van der Waals surface area (Å²) in [4.78, 5) is 0. The van der Waals surface area contributed by atoms with Gasteiger partial charge in [0.25, 0.3) is 0 Å². The van der Waals surface area contributed by atoms with Gasteiger partial charge in [-0.3, -0.25) is 9.41 Å². The fourth-order valence-electron chi connectivity index (χ4n) is 6.68. The average Bonchev–Trinajstić information content (AvgIpc) is 3.80. The van der Waals surface area contributed by atoms with Crippen LogP contribution in [-0.4, -0.2) is 8.52 Å². The molecule has 0 aliphatic heterocycles. The number of allylic oxidation sites excluding steroid dienone is 4. The third-order valence-electron chi connectivity index (χ3n) is 8.80. The molecule has 0 bridgehead atoms. The van der Waals surface area contributed by atoms with Gasteiger partial charge in [-0.1, -0.05) is 0 Å². The summed E-state index contributed by atoms with van der Waals surface area (Å²) in [6, 6.07) is 35.2. The summed E-state index contributed by atoms with van der Waals surface area (Å²) < 4.78 is 12.0. The van der Waals surface area contributed by atoms with Crippen molar-refractivity contribution in [1.82, 2.24) is 0 Å². The van der Waals surface area contributed by atoms with E-state index in [0.29, 0.717) is 14.7 Å². The monoisotopic (exact) mass is 888 g/mol. The molecular weight excluding hydrogens is 851 g/mol. The molecule has 4 unspecified atom stereocenters. The zero-order valence-electron chi connectivity index (χ0n) is 23.4. The van der Waals surface area contributed by atoms with Gasteiger partial charge in [0.2, 0.25) is 0 Å². The molecule has 4 aliphatic rings. The van der Waals surface area contributed by atoms with Crippen LogP contribution in [0, 0.1) is 0 Å². The molecular formula is C38H34F2Hf2. The van der Waals surface area contributed by atoms with Crippen LogP contribution in [0.4, 0.5) is 9.41 Å². The number of hydrogen-bond donors (Lipinski definition) is 0. The van der Waals surface area contributed by atoms with Crippen molar-refractivity contribution in [3.8, 4) is 0 Å². The molecule has 8 rings (SSSR count). The Hall–Kier alpha value is -2.82. The van der Waals surface area contributed by atoms with Crippen LogP contribution in [0.3, 0.4) is 0 Å². The Kier molecular flexibility index (Phi) is 9.64. The van der Waals surface area contributed by atoms with E-state index in [4.69, 9.17) is 8.52 Å². The normalized spacial score (nSPS) is 20.8. The standard InChI is InChI=1S/4C9H7.2CH2.2FH.2Hf/c4*1-2-5-9-7-3-6-8(9)4-1;;;;;;/h4*1-7H;2*1H2;2*1H;;. The number of fused-ring (bicyclic) bond motifs is 4. The predicted molar refractivity (Wildman–Crippen MR) is 172 cm³/mol. The van der Waals surface area contributed by atoms with E-state index in [0.717, 1.165) is 0 Å². The number of halogens is 2. The van der Waals surface area contributed by atoms with Crippen molar-refractivity contribution >= 4 is 32.8 Å². The first-order chi connectivity index (χ1) is 19.7. The van der Waals surface area contributed by atoms with Gasteiger partial charge in [-0.05, 0) is 0 Å². The molecule has 0 spiro atoms. The van der Waals surface area contributed by atoms with Gasteiger partial charge in [0.05, 0.1) is 0 Å². The van der Waals surface area contributed by atoms with Gasteiger partial charge in [0.15, 0.2) is 0 Å². The molecule has 0 fully saturated rings. The second kappa shape index (κ2) is 13.2. The topological polar surface area (TPSA) is 0 Å². The van der Waals surface area contributed by atoms with Crippen LogP contribution in [0.5, 0.6) is 0 Å². The molecule has 0 N–H and O–H groups in total. The quantitative estimate of drug-likeness (QED) is 0.179. The molecule has 4 aromatic rings. The van der Waals surface area contributed by atoms with Crippen molar-refractivity contribution in [2.45, 2.75) is 14.7 Å². The van der Waals surface area contributed by atoms with Crippen LogP contribution in [-0.2, 0) is 41.9 Å². The van der Waals surface area contributed by atoms with E-state index in [-0.39, 0.29) is 9.41 Å². The SMILES string of the molecule is F.F.[CH2]=[Hf]([CH]1C=Cc2ccccc21)[CH]1C=Cc2ccccc21.[CH2]=[Hf]([CH]1C=Cc2ccccc21)[CH]1C=Cc2ccccc21. The van der Waals surface area contributed by atoms with E-state index in [1.165, 1.54) is 44.5 Å². The molecule has 42 heavy (non-hydrogen) atoms. The minimum absolute atomic E-state index is 0. The Morgan fingerprint density at radius 2 is 0.571 bits per heavy atom. The van der Waals surface area contributed by atoms with Crippen LogP contribution < -0.4 is 0 Å². The van der Waals surface area contributed by atoms with Gasteiger partial charge < -0.3 is 0 Å². The summed E-state index contributed by atoms with van der Waals surface area (Å²) >= 11 is -4.06. The van der Waals surface area contributed by atoms with E-state index >= 15 is 0 Å². The van der Waals surface area contributed by atoms with E-state index in [1.54, 1.807) is 0 Å². The van der Waals surface area contributed by atoms with E-state index < -0.39 is 41.9 Å². The van der Waals surface area contributed by atoms with E-state index in [1.807, 2.05) is 0 Å². The average molecular weight is 886 g/mol. The first-order valence-electron chi connectivity index (χ1n) is 14.1. The van der Waals surface area contributed by atoms with Gasteiger partial charge in [-0.15, -0.1) is 0 Å². The third-order valence-corrected chi connectivity index (χ3v) is 27.5. The summed E-state index contributed by atoms with van der Waals surface area (Å²) in [5.74, 6) is 0. The Balaban J connectivity index is 0.000000160. The second-order valence-corrected chi connectivity index (χ2v) is 28.2. The van der Waals surface area contributed by atoms with Crippen molar-refractivity contribution in [3.05, 3.63) is 166 Å². The van der Waals surface area contributed by atoms with Gasteiger partial charge in [0.1, 0.15) is 0 Å². The summed E-state index contributed by atoms with van der Waals surface area (Å²) in [7, 11) is 0. The molecule has 0 saturated carbocycles. The predicted octanol–water partition coefficient (Wildman–Crippen LogP) is 9.45. The molecule has 208 valence electrons. The number of hydrogen-bond acceptors (Lipinski definition) is 0. The number of rotatable bonds is 4. The summed E-state index contributed by atoms with van der Waals surface area (Å²) in [6.07, 6.45) is 18.8. The van der Waals surface area contributed by atoms with E-state index in [2.05, 4.69) is 146 Å². The summed E-state index contributed by atoms with van der Waals surface area (Å²) in [5.41, 5.74) is 11.7. The molecule has 0 amide bonds. The van der Waals surface area contributed by atoms with Crippen molar-refractivity contribution in [3.63, 3.8) is 0 Å². The Morgan fingerprint density at radius 3 is 0.810 bits per heavy atom. The van der Waals surface area contributed by atoms with Crippen molar-refractivity contribution in [2.24, 2.45) is 0 Å². The molecule has 4 aliphatic carbocycles. The molecule has 4 heteroatoms. The second-order valence-electron chi connectivity index (χ2n) is 11.0.